The normalized spacial score (nSPS) is 7.58. The maximum Gasteiger partial charge on any atom is 0.371 e. The van der Waals surface area contributed by atoms with Gasteiger partial charge in [0, 0.05) is 13.8 Å². The second-order valence-electron chi connectivity index (χ2n) is 1.79. The van der Waals surface area contributed by atoms with Gasteiger partial charge >= 0.3 is 11.9 Å². The fraction of sp³-hybridized carbons (Fsp3) is 0.571. The van der Waals surface area contributed by atoms with Crippen LogP contribution in [-0.4, -0.2) is 29.4 Å². The van der Waals surface area contributed by atoms with E-state index in [4.69, 9.17) is 5.11 Å². The molecule has 0 fully saturated rings. The largest absolute Gasteiger partial charge is 0.476 e. The fourth-order valence-electron chi connectivity index (χ4n) is 0.203. The highest BCUT2D eigenvalue weighted by Gasteiger charge is 1.98. The van der Waals surface area contributed by atoms with E-state index in [-0.39, 0.29) is 5.97 Å². The van der Waals surface area contributed by atoms with Crippen molar-refractivity contribution in [2.75, 3.05) is 6.61 Å². The highest BCUT2D eigenvalue weighted by molar-refractivity contribution is 6.31. The van der Waals surface area contributed by atoms with Gasteiger partial charge in [-0.3, -0.25) is 9.59 Å². The molecule has 0 heterocycles. The van der Waals surface area contributed by atoms with Crippen LogP contribution in [0.15, 0.2) is 0 Å². The Kier molecular flexibility index (Phi) is 8.50. The Morgan fingerprint density at radius 3 is 1.58 bits per heavy atom. The number of ether oxygens (including phenoxy) is 1. The SMILES string of the molecule is CC(=O)C(=O)O.CCOC(C)=O. The molecule has 0 saturated heterocycles. The molecular weight excluding hydrogens is 164 g/mol. The zero-order valence-electron chi connectivity index (χ0n) is 7.29. The molecule has 0 spiro atoms. The maximum absolute atomic E-state index is 9.82. The van der Waals surface area contributed by atoms with Crippen molar-refractivity contribution in [2.24, 2.45) is 0 Å². The molecule has 0 aliphatic carbocycles. The van der Waals surface area contributed by atoms with Crippen molar-refractivity contribution in [1.29, 1.82) is 0 Å². The highest BCUT2D eigenvalue weighted by Crippen LogP contribution is 1.69. The van der Waals surface area contributed by atoms with E-state index in [9.17, 15) is 14.4 Å². The lowest BCUT2D eigenvalue weighted by molar-refractivity contribution is -0.148. The summed E-state index contributed by atoms with van der Waals surface area (Å²) in [5, 5.41) is 7.64. The number of aliphatic carboxylic acids is 1. The van der Waals surface area contributed by atoms with E-state index < -0.39 is 11.8 Å². The summed E-state index contributed by atoms with van der Waals surface area (Å²) in [6.07, 6.45) is 0. The van der Waals surface area contributed by atoms with Crippen LogP contribution in [0.25, 0.3) is 0 Å². The third-order valence-electron chi connectivity index (χ3n) is 0.649. The molecule has 0 bridgehead atoms. The zero-order chi connectivity index (χ0) is 10.1. The standard InChI is InChI=1S/C4H8O2.C3H4O3/c1-3-6-4(2)5;1-2(4)3(5)6/h3H2,1-2H3;1H3,(H,5,6). The van der Waals surface area contributed by atoms with Crippen LogP contribution < -0.4 is 0 Å². The van der Waals surface area contributed by atoms with Gasteiger partial charge in [-0.1, -0.05) is 0 Å². The molecule has 0 radical (unpaired) electrons. The van der Waals surface area contributed by atoms with Crippen LogP contribution in [-0.2, 0) is 19.1 Å². The minimum atomic E-state index is -1.38. The number of carbonyl (C=O) groups is 3. The monoisotopic (exact) mass is 176 g/mol. The first-order valence-electron chi connectivity index (χ1n) is 3.29. The average molecular weight is 176 g/mol. The zero-order valence-corrected chi connectivity index (χ0v) is 7.29. The van der Waals surface area contributed by atoms with Crippen molar-refractivity contribution in [1.82, 2.24) is 0 Å². The summed E-state index contributed by atoms with van der Waals surface area (Å²) >= 11 is 0. The summed E-state index contributed by atoms with van der Waals surface area (Å²) in [6, 6.07) is 0. The molecule has 0 aromatic rings. The Bertz CT molecular complexity index is 161. The van der Waals surface area contributed by atoms with E-state index in [1.54, 1.807) is 6.92 Å². The fourth-order valence-corrected chi connectivity index (χ4v) is 0.203. The van der Waals surface area contributed by atoms with E-state index in [0.29, 0.717) is 6.61 Å². The van der Waals surface area contributed by atoms with Crippen molar-refractivity contribution in [3.05, 3.63) is 0 Å². The van der Waals surface area contributed by atoms with Crippen molar-refractivity contribution < 1.29 is 24.2 Å². The summed E-state index contributed by atoms with van der Waals surface area (Å²) in [5.74, 6) is -2.41. The lowest BCUT2D eigenvalue weighted by atomic mass is 10.5. The molecule has 0 aromatic heterocycles. The predicted octanol–water partition coefficient (Wildman–Crippen LogP) is 0.229. The van der Waals surface area contributed by atoms with Crippen LogP contribution in [0.5, 0.6) is 0 Å². The number of carboxylic acids is 1. The van der Waals surface area contributed by atoms with E-state index in [1.165, 1.54) is 6.92 Å². The second-order valence-corrected chi connectivity index (χ2v) is 1.79. The van der Waals surface area contributed by atoms with E-state index in [0.717, 1.165) is 6.92 Å². The van der Waals surface area contributed by atoms with Gasteiger partial charge < -0.3 is 9.84 Å². The number of carboxylic acid groups (broad SMARTS) is 1. The molecule has 0 aromatic carbocycles. The maximum atomic E-state index is 9.82. The lowest BCUT2D eigenvalue weighted by Crippen LogP contribution is -2.05. The van der Waals surface area contributed by atoms with Crippen LogP contribution in [0.3, 0.4) is 0 Å². The molecule has 70 valence electrons. The van der Waals surface area contributed by atoms with Crippen LogP contribution in [0.1, 0.15) is 20.8 Å². The Labute approximate surface area is 70.3 Å². The average Bonchev–Trinajstić information content (AvgIpc) is 1.87. The first kappa shape index (κ1) is 13.2. The number of esters is 1. The predicted molar refractivity (Wildman–Crippen MR) is 40.6 cm³/mol. The Morgan fingerprint density at radius 2 is 1.58 bits per heavy atom. The summed E-state index contributed by atoms with van der Waals surface area (Å²) in [7, 11) is 0. The molecule has 0 unspecified atom stereocenters. The van der Waals surface area contributed by atoms with E-state index in [2.05, 4.69) is 4.74 Å². The molecule has 0 saturated carbocycles. The topological polar surface area (TPSA) is 80.7 Å². The Morgan fingerprint density at radius 1 is 1.25 bits per heavy atom. The number of hydrogen-bond donors (Lipinski definition) is 1. The molecule has 0 aliphatic rings. The number of hydrogen-bond acceptors (Lipinski definition) is 4. The molecule has 12 heavy (non-hydrogen) atoms. The van der Waals surface area contributed by atoms with Crippen LogP contribution in [0.4, 0.5) is 0 Å². The van der Waals surface area contributed by atoms with Crippen LogP contribution >= 0.6 is 0 Å². The van der Waals surface area contributed by atoms with Gasteiger partial charge in [-0.15, -0.1) is 0 Å². The third kappa shape index (κ3) is 15.8. The summed E-state index contributed by atoms with van der Waals surface area (Å²) < 4.78 is 4.40. The molecular formula is C7H12O5. The number of carbonyl (C=O) groups excluding carboxylic acids is 2. The van der Waals surface area contributed by atoms with Gasteiger partial charge in [0.15, 0.2) is 0 Å². The molecule has 0 aliphatic heterocycles. The van der Waals surface area contributed by atoms with Gasteiger partial charge in [-0.05, 0) is 6.92 Å². The van der Waals surface area contributed by atoms with Crippen molar-refractivity contribution >= 4 is 17.7 Å². The molecule has 0 rings (SSSR count). The highest BCUT2D eigenvalue weighted by atomic mass is 16.5. The van der Waals surface area contributed by atoms with Crippen molar-refractivity contribution in [3.63, 3.8) is 0 Å². The smallest absolute Gasteiger partial charge is 0.371 e. The van der Waals surface area contributed by atoms with Crippen molar-refractivity contribution in [3.8, 4) is 0 Å². The third-order valence-corrected chi connectivity index (χ3v) is 0.649. The van der Waals surface area contributed by atoms with Gasteiger partial charge in [-0.25, -0.2) is 4.79 Å². The second kappa shape index (κ2) is 7.71. The number of Topliss-reactive ketones (excluding diaryl/α,β-unsaturated/α-hetero) is 1. The lowest BCUT2D eigenvalue weighted by Gasteiger charge is -1.89. The van der Waals surface area contributed by atoms with E-state index in [1.807, 2.05) is 0 Å². The van der Waals surface area contributed by atoms with Crippen molar-refractivity contribution in [2.45, 2.75) is 20.8 Å². The number of ketones is 1. The first-order chi connectivity index (χ1) is 5.41. The van der Waals surface area contributed by atoms with Gasteiger partial charge in [0.1, 0.15) is 0 Å². The molecule has 1 N–H and O–H groups in total. The molecule has 5 nitrogen and oxygen atoms in total. The summed E-state index contributed by atoms with van der Waals surface area (Å²) in [4.78, 5) is 28.7. The van der Waals surface area contributed by atoms with Gasteiger partial charge in [0.25, 0.3) is 0 Å². The Hall–Kier alpha value is -1.39. The summed E-state index contributed by atoms with van der Waals surface area (Å²) in [6.45, 7) is 4.66. The van der Waals surface area contributed by atoms with Gasteiger partial charge in [0.2, 0.25) is 5.78 Å². The van der Waals surface area contributed by atoms with Crippen LogP contribution in [0, 0.1) is 0 Å². The first-order valence-corrected chi connectivity index (χ1v) is 3.29. The minimum absolute atomic E-state index is 0.211. The molecule has 5 heteroatoms. The minimum Gasteiger partial charge on any atom is -0.476 e. The van der Waals surface area contributed by atoms with E-state index >= 15 is 0 Å². The molecule has 0 atom stereocenters. The quantitative estimate of drug-likeness (QED) is 0.481. The number of rotatable bonds is 2. The van der Waals surface area contributed by atoms with Crippen LogP contribution in [0.2, 0.25) is 0 Å². The summed E-state index contributed by atoms with van der Waals surface area (Å²) in [5.41, 5.74) is 0. The van der Waals surface area contributed by atoms with Gasteiger partial charge in [-0.2, -0.15) is 0 Å². The van der Waals surface area contributed by atoms with Gasteiger partial charge in [0.05, 0.1) is 6.61 Å². The Balaban J connectivity index is 0. The molecule has 0 amide bonds.